The van der Waals surface area contributed by atoms with Crippen LogP contribution >= 0.6 is 0 Å². The molecule has 0 atom stereocenters. The van der Waals surface area contributed by atoms with Crippen LogP contribution in [0.3, 0.4) is 0 Å². The molecule has 1 aromatic rings. The van der Waals surface area contributed by atoms with E-state index < -0.39 is 35.3 Å². The van der Waals surface area contributed by atoms with Gasteiger partial charge in [0.1, 0.15) is 12.3 Å². The molecule has 0 aromatic carbocycles. The molecule has 1 aromatic heterocycles. The predicted octanol–water partition coefficient (Wildman–Crippen LogP) is 2.53. The fourth-order valence-corrected chi connectivity index (χ4v) is 1.16. The van der Waals surface area contributed by atoms with Crippen LogP contribution in [0.25, 0.3) is 0 Å². The largest absolute Gasteiger partial charge is 0.476 e. The molecule has 2 N–H and O–H groups in total. The van der Waals surface area contributed by atoms with E-state index in [-0.39, 0.29) is 6.61 Å². The molecule has 0 aliphatic carbocycles. The number of rotatable bonds is 4. The van der Waals surface area contributed by atoms with Crippen molar-refractivity contribution >= 4 is 17.7 Å². The quantitative estimate of drug-likeness (QED) is 0.832. The molecule has 6 nitrogen and oxygen atoms in total. The molecule has 0 unspecified atom stereocenters. The molecule has 0 fully saturated rings. The van der Waals surface area contributed by atoms with Gasteiger partial charge in [-0.05, 0) is 12.1 Å². The SMILES string of the molecule is C=CCOC(=O)Nc1ccc(C(F)(F)F)nc1C(=O)O. The molecule has 0 saturated carbocycles. The standard InChI is InChI=1S/C11H9F3N2O4/c1-2-5-20-10(19)15-6-3-4-7(11(12,13)14)16-8(6)9(17)18/h2-4H,1,5H2,(H,15,19)(H,17,18). The molecule has 1 heterocycles. The van der Waals surface area contributed by atoms with E-state index in [1.807, 2.05) is 5.32 Å². The first-order valence-electron chi connectivity index (χ1n) is 5.12. The van der Waals surface area contributed by atoms with Gasteiger partial charge >= 0.3 is 18.2 Å². The second kappa shape index (κ2) is 6.04. The zero-order chi connectivity index (χ0) is 15.3. The van der Waals surface area contributed by atoms with Crippen molar-refractivity contribution in [2.75, 3.05) is 11.9 Å². The lowest BCUT2D eigenvalue weighted by molar-refractivity contribution is -0.141. The van der Waals surface area contributed by atoms with Crippen LogP contribution in [0.5, 0.6) is 0 Å². The van der Waals surface area contributed by atoms with Crippen LogP contribution in [0.2, 0.25) is 0 Å². The molecule has 1 amide bonds. The maximum Gasteiger partial charge on any atom is 0.433 e. The predicted molar refractivity (Wildman–Crippen MR) is 61.4 cm³/mol. The van der Waals surface area contributed by atoms with E-state index in [1.54, 1.807) is 0 Å². The van der Waals surface area contributed by atoms with Gasteiger partial charge in [0.15, 0.2) is 5.69 Å². The number of hydrogen-bond acceptors (Lipinski definition) is 4. The van der Waals surface area contributed by atoms with Gasteiger partial charge in [0.05, 0.1) is 5.69 Å². The van der Waals surface area contributed by atoms with E-state index in [0.29, 0.717) is 6.07 Å². The van der Waals surface area contributed by atoms with Gasteiger partial charge in [-0.15, -0.1) is 0 Å². The van der Waals surface area contributed by atoms with Gasteiger partial charge in [0.2, 0.25) is 0 Å². The van der Waals surface area contributed by atoms with Crippen LogP contribution in [0.4, 0.5) is 23.7 Å². The zero-order valence-corrected chi connectivity index (χ0v) is 9.90. The minimum atomic E-state index is -4.79. The van der Waals surface area contributed by atoms with Crippen LogP contribution in [0.15, 0.2) is 24.8 Å². The first kappa shape index (κ1) is 15.5. The third kappa shape index (κ3) is 3.97. The van der Waals surface area contributed by atoms with Crippen LogP contribution in [0.1, 0.15) is 16.2 Å². The highest BCUT2D eigenvalue weighted by Gasteiger charge is 2.34. The maximum absolute atomic E-state index is 12.4. The molecule has 0 bridgehead atoms. The molecule has 20 heavy (non-hydrogen) atoms. The summed E-state index contributed by atoms with van der Waals surface area (Å²) in [6, 6.07) is 1.34. The van der Waals surface area contributed by atoms with Crippen molar-refractivity contribution in [3.63, 3.8) is 0 Å². The smallest absolute Gasteiger partial charge is 0.433 e. The number of carboxylic acid groups (broad SMARTS) is 1. The number of nitrogens with zero attached hydrogens (tertiary/aromatic N) is 1. The third-order valence-electron chi connectivity index (χ3n) is 1.96. The van der Waals surface area contributed by atoms with E-state index in [2.05, 4.69) is 16.3 Å². The Kier molecular flexibility index (Phi) is 4.68. The Morgan fingerprint density at radius 2 is 2.10 bits per heavy atom. The van der Waals surface area contributed by atoms with Crippen molar-refractivity contribution in [3.05, 3.63) is 36.2 Å². The number of pyridine rings is 1. The van der Waals surface area contributed by atoms with E-state index in [1.165, 1.54) is 6.08 Å². The Morgan fingerprint density at radius 1 is 1.45 bits per heavy atom. The molecular formula is C11H9F3N2O4. The van der Waals surface area contributed by atoms with E-state index in [4.69, 9.17) is 5.11 Å². The van der Waals surface area contributed by atoms with Crippen LogP contribution < -0.4 is 5.32 Å². The summed E-state index contributed by atoms with van der Waals surface area (Å²) < 4.78 is 41.8. The monoisotopic (exact) mass is 290 g/mol. The fraction of sp³-hybridized carbons (Fsp3) is 0.182. The number of halogens is 3. The normalized spacial score (nSPS) is 10.8. The van der Waals surface area contributed by atoms with E-state index in [0.717, 1.165) is 6.07 Å². The van der Waals surface area contributed by atoms with Gasteiger partial charge in [-0.3, -0.25) is 5.32 Å². The lowest BCUT2D eigenvalue weighted by atomic mass is 10.2. The number of carbonyl (C=O) groups excluding carboxylic acids is 1. The number of carbonyl (C=O) groups is 2. The Morgan fingerprint density at radius 3 is 2.60 bits per heavy atom. The van der Waals surface area contributed by atoms with Crippen molar-refractivity contribution in [1.82, 2.24) is 4.98 Å². The number of anilines is 1. The Balaban J connectivity index is 3.05. The summed E-state index contributed by atoms with van der Waals surface area (Å²) in [6.45, 7) is 3.15. The number of nitrogens with one attached hydrogen (secondary N) is 1. The van der Waals surface area contributed by atoms with E-state index >= 15 is 0 Å². The molecular weight excluding hydrogens is 281 g/mol. The van der Waals surface area contributed by atoms with Gasteiger partial charge in [0, 0.05) is 0 Å². The summed E-state index contributed by atoms with van der Waals surface area (Å²) in [7, 11) is 0. The first-order valence-corrected chi connectivity index (χ1v) is 5.12. The molecule has 0 spiro atoms. The number of aromatic nitrogens is 1. The molecule has 0 saturated heterocycles. The van der Waals surface area contributed by atoms with Gasteiger partial charge in [-0.25, -0.2) is 14.6 Å². The molecule has 108 valence electrons. The fourth-order valence-electron chi connectivity index (χ4n) is 1.16. The maximum atomic E-state index is 12.4. The number of alkyl halides is 3. The molecule has 1 rings (SSSR count). The number of hydrogen-bond donors (Lipinski definition) is 2. The summed E-state index contributed by atoms with van der Waals surface area (Å²) in [5.41, 5.74) is -2.71. The first-order chi connectivity index (χ1) is 9.25. The van der Waals surface area contributed by atoms with Crippen molar-refractivity contribution in [3.8, 4) is 0 Å². The lowest BCUT2D eigenvalue weighted by Crippen LogP contribution is -2.19. The van der Waals surface area contributed by atoms with Gasteiger partial charge < -0.3 is 9.84 Å². The summed E-state index contributed by atoms with van der Waals surface area (Å²) in [5, 5.41) is 10.8. The summed E-state index contributed by atoms with van der Waals surface area (Å²) in [6.07, 6.45) is -4.55. The second-order valence-corrected chi connectivity index (χ2v) is 3.41. The highest BCUT2D eigenvalue weighted by Crippen LogP contribution is 2.29. The third-order valence-corrected chi connectivity index (χ3v) is 1.96. The lowest BCUT2D eigenvalue weighted by Gasteiger charge is -2.11. The van der Waals surface area contributed by atoms with Crippen LogP contribution in [0, 0.1) is 0 Å². The van der Waals surface area contributed by atoms with E-state index in [9.17, 15) is 22.8 Å². The number of aromatic carboxylic acids is 1. The topological polar surface area (TPSA) is 88.5 Å². The van der Waals surface area contributed by atoms with Gasteiger partial charge in [-0.2, -0.15) is 13.2 Å². The highest BCUT2D eigenvalue weighted by atomic mass is 19.4. The van der Waals surface area contributed by atoms with Gasteiger partial charge in [-0.1, -0.05) is 12.7 Å². The molecule has 0 aliphatic heterocycles. The van der Waals surface area contributed by atoms with Crippen LogP contribution in [-0.2, 0) is 10.9 Å². The average molecular weight is 290 g/mol. The minimum absolute atomic E-state index is 0.137. The molecule has 9 heteroatoms. The second-order valence-electron chi connectivity index (χ2n) is 3.41. The molecule has 0 radical (unpaired) electrons. The van der Waals surface area contributed by atoms with Crippen molar-refractivity contribution in [2.24, 2.45) is 0 Å². The van der Waals surface area contributed by atoms with Crippen molar-refractivity contribution < 1.29 is 32.6 Å². The minimum Gasteiger partial charge on any atom is -0.476 e. The Labute approximate surface area is 110 Å². The number of ether oxygens (including phenoxy) is 1. The summed E-state index contributed by atoms with van der Waals surface area (Å²) in [4.78, 5) is 25.0. The number of carboxylic acids is 1. The van der Waals surface area contributed by atoms with Crippen molar-refractivity contribution in [1.29, 1.82) is 0 Å². The van der Waals surface area contributed by atoms with Crippen LogP contribution in [-0.4, -0.2) is 28.8 Å². The Bertz CT molecular complexity index is 543. The number of amides is 1. The zero-order valence-electron chi connectivity index (χ0n) is 9.90. The molecule has 0 aliphatic rings. The highest BCUT2D eigenvalue weighted by molar-refractivity contribution is 5.97. The van der Waals surface area contributed by atoms with Gasteiger partial charge in [0.25, 0.3) is 0 Å². The Hall–Kier alpha value is -2.58. The average Bonchev–Trinajstić information content (AvgIpc) is 2.35. The summed E-state index contributed by atoms with van der Waals surface area (Å²) >= 11 is 0. The summed E-state index contributed by atoms with van der Waals surface area (Å²) in [5.74, 6) is -1.71. The van der Waals surface area contributed by atoms with Crippen molar-refractivity contribution in [2.45, 2.75) is 6.18 Å².